The highest BCUT2D eigenvalue weighted by molar-refractivity contribution is 6.04. The number of aromatic amines is 2. The largest absolute Gasteiger partial charge is 0.402 e. The van der Waals surface area contributed by atoms with Crippen LogP contribution < -0.4 is 11.1 Å². The summed E-state index contributed by atoms with van der Waals surface area (Å²) in [5.74, 6) is 0.405. The molecule has 1 aliphatic rings. The fourth-order valence-corrected chi connectivity index (χ4v) is 4.86. The van der Waals surface area contributed by atoms with Crippen LogP contribution in [-0.4, -0.2) is 41.0 Å². The highest BCUT2D eigenvalue weighted by Crippen LogP contribution is 2.33. The second-order valence-electron chi connectivity index (χ2n) is 9.62. The van der Waals surface area contributed by atoms with Crippen LogP contribution in [0.25, 0.3) is 39.3 Å². The lowest BCUT2D eigenvalue weighted by Crippen LogP contribution is -2.11. The van der Waals surface area contributed by atoms with Gasteiger partial charge in [-0.1, -0.05) is 30.3 Å². The number of rotatable bonds is 5. The summed E-state index contributed by atoms with van der Waals surface area (Å²) >= 11 is 0. The number of benzene rings is 1. The summed E-state index contributed by atoms with van der Waals surface area (Å²) in [5.41, 5.74) is 14.6. The molecule has 0 saturated carbocycles. The molecule has 5 N–H and O–H groups in total. The predicted molar refractivity (Wildman–Crippen MR) is 156 cm³/mol. The normalized spacial score (nSPS) is 12.8. The maximum absolute atomic E-state index is 12.6. The number of carbonyl (C=O) groups is 1. The fourth-order valence-electron chi connectivity index (χ4n) is 4.86. The van der Waals surface area contributed by atoms with E-state index in [-0.39, 0.29) is 5.91 Å². The zero-order chi connectivity index (χ0) is 27.8. The van der Waals surface area contributed by atoms with Crippen molar-refractivity contribution in [1.29, 1.82) is 0 Å². The summed E-state index contributed by atoms with van der Waals surface area (Å²) in [6.07, 6.45) is 13.0. The monoisotopic (exact) mass is 537 g/mol. The number of hydrogen-bond donors (Lipinski definition) is 4. The molecule has 0 unspecified atom stereocenters. The average molecular weight is 538 g/mol. The van der Waals surface area contributed by atoms with E-state index in [4.69, 9.17) is 10.7 Å². The molecule has 41 heavy (non-hydrogen) atoms. The molecule has 0 saturated heterocycles. The van der Waals surface area contributed by atoms with Crippen molar-refractivity contribution in [2.24, 2.45) is 5.73 Å². The first kappa shape index (κ1) is 24.2. The first-order chi connectivity index (χ1) is 20.1. The van der Waals surface area contributed by atoms with E-state index in [0.29, 0.717) is 34.9 Å². The lowest BCUT2D eigenvalue weighted by Gasteiger charge is -2.07. The van der Waals surface area contributed by atoms with Gasteiger partial charge in [0.15, 0.2) is 5.82 Å². The average Bonchev–Trinajstić information content (AvgIpc) is 3.58. The second-order valence-corrected chi connectivity index (χ2v) is 9.62. The molecule has 0 spiro atoms. The summed E-state index contributed by atoms with van der Waals surface area (Å²) in [7, 11) is 0. The molecule has 1 aromatic carbocycles. The van der Waals surface area contributed by atoms with Crippen molar-refractivity contribution >= 4 is 28.1 Å². The van der Waals surface area contributed by atoms with E-state index < -0.39 is 0 Å². The van der Waals surface area contributed by atoms with Crippen molar-refractivity contribution in [2.75, 3.05) is 5.32 Å². The molecule has 6 aromatic rings. The van der Waals surface area contributed by atoms with Crippen LogP contribution in [0.3, 0.4) is 0 Å². The SMILES string of the molecule is NC1=CC=C(c2cccnc2)c2nc(-c3n[nH]c4cnc(-c5cncc(NC(=O)c6ccccc6)c5)cc34)[nH]c2C1. The number of hydrogen-bond acceptors (Lipinski definition) is 7. The first-order valence-corrected chi connectivity index (χ1v) is 12.9. The van der Waals surface area contributed by atoms with Gasteiger partial charge in [-0.25, -0.2) is 4.98 Å². The van der Waals surface area contributed by atoms with E-state index in [1.165, 1.54) is 0 Å². The van der Waals surface area contributed by atoms with Gasteiger partial charge < -0.3 is 16.0 Å². The van der Waals surface area contributed by atoms with Gasteiger partial charge >= 0.3 is 0 Å². The molecule has 5 heterocycles. The third-order valence-electron chi connectivity index (χ3n) is 6.85. The number of imidazole rings is 1. The lowest BCUT2D eigenvalue weighted by molar-refractivity contribution is 0.102. The Morgan fingerprint density at radius 2 is 1.78 bits per heavy atom. The van der Waals surface area contributed by atoms with E-state index in [1.807, 2.05) is 60.8 Å². The van der Waals surface area contributed by atoms with Crippen LogP contribution in [0.5, 0.6) is 0 Å². The molecule has 5 aromatic heterocycles. The maximum atomic E-state index is 12.6. The van der Waals surface area contributed by atoms with E-state index in [2.05, 4.69) is 35.5 Å². The Morgan fingerprint density at radius 3 is 2.63 bits per heavy atom. The number of aromatic nitrogens is 7. The van der Waals surface area contributed by atoms with Gasteiger partial charge in [-0.3, -0.25) is 24.8 Å². The van der Waals surface area contributed by atoms with Gasteiger partial charge in [0, 0.05) is 64.1 Å². The van der Waals surface area contributed by atoms with Crippen LogP contribution in [0.15, 0.2) is 103 Å². The predicted octanol–water partition coefficient (Wildman–Crippen LogP) is 4.89. The summed E-state index contributed by atoms with van der Waals surface area (Å²) in [6, 6.07) is 16.7. The van der Waals surface area contributed by atoms with Crippen molar-refractivity contribution in [2.45, 2.75) is 6.42 Å². The van der Waals surface area contributed by atoms with Crippen LogP contribution in [-0.2, 0) is 6.42 Å². The summed E-state index contributed by atoms with van der Waals surface area (Å²) in [6.45, 7) is 0. The van der Waals surface area contributed by atoms with Crippen molar-refractivity contribution in [3.05, 3.63) is 126 Å². The number of nitrogens with zero attached hydrogens (tertiary/aromatic N) is 5. The molecular weight excluding hydrogens is 514 g/mol. The van der Waals surface area contributed by atoms with E-state index in [9.17, 15) is 4.79 Å². The molecule has 198 valence electrons. The molecule has 0 bridgehead atoms. The number of nitrogens with two attached hydrogens (primary N) is 1. The molecule has 7 rings (SSSR count). The van der Waals surface area contributed by atoms with Gasteiger partial charge in [0.25, 0.3) is 5.91 Å². The van der Waals surface area contributed by atoms with Gasteiger partial charge in [0.1, 0.15) is 5.69 Å². The van der Waals surface area contributed by atoms with Crippen LogP contribution in [0, 0.1) is 0 Å². The molecule has 0 atom stereocenters. The van der Waals surface area contributed by atoms with Crippen LogP contribution >= 0.6 is 0 Å². The Morgan fingerprint density at radius 1 is 0.902 bits per heavy atom. The molecule has 0 fully saturated rings. The van der Waals surface area contributed by atoms with Gasteiger partial charge in [-0.05, 0) is 36.4 Å². The zero-order valence-corrected chi connectivity index (χ0v) is 21.7. The van der Waals surface area contributed by atoms with Crippen molar-refractivity contribution in [3.63, 3.8) is 0 Å². The quantitative estimate of drug-likeness (QED) is 0.244. The molecule has 1 aliphatic carbocycles. The smallest absolute Gasteiger partial charge is 0.255 e. The number of carbonyl (C=O) groups excluding carboxylic acids is 1. The molecule has 10 nitrogen and oxygen atoms in total. The third-order valence-corrected chi connectivity index (χ3v) is 6.85. The minimum absolute atomic E-state index is 0.210. The van der Waals surface area contributed by atoms with E-state index in [1.54, 1.807) is 36.9 Å². The molecular formula is C31H23N9O. The van der Waals surface area contributed by atoms with E-state index >= 15 is 0 Å². The Bertz CT molecular complexity index is 1970. The molecule has 0 radical (unpaired) electrons. The number of allylic oxidation sites excluding steroid dienone is 3. The zero-order valence-electron chi connectivity index (χ0n) is 21.7. The van der Waals surface area contributed by atoms with Gasteiger partial charge in [-0.15, -0.1) is 0 Å². The van der Waals surface area contributed by atoms with Gasteiger partial charge in [0.2, 0.25) is 0 Å². The highest BCUT2D eigenvalue weighted by atomic mass is 16.1. The molecule has 0 aliphatic heterocycles. The third kappa shape index (κ3) is 4.63. The number of nitrogens with one attached hydrogen (secondary N) is 3. The standard InChI is InChI=1S/C31H23N9O/c32-21-8-9-23(19-7-4-10-33-14-19)28-26(12-21)37-30(38-28)29-24-13-25(35-17-27(24)39-40-29)20-11-22(16-34-15-20)36-31(41)18-5-2-1-3-6-18/h1-11,13-17H,12,32H2,(H,36,41)(H,37,38)(H,39,40). The number of H-pyrrole nitrogens is 2. The number of anilines is 1. The topological polar surface area (TPSA) is 151 Å². The maximum Gasteiger partial charge on any atom is 0.255 e. The Labute approximate surface area is 234 Å². The van der Waals surface area contributed by atoms with Crippen LogP contribution in [0.2, 0.25) is 0 Å². The summed E-state index contributed by atoms with van der Waals surface area (Å²) in [4.78, 5) is 34.3. The van der Waals surface area contributed by atoms with Crippen LogP contribution in [0.1, 0.15) is 27.3 Å². The molecule has 1 amide bonds. The minimum Gasteiger partial charge on any atom is -0.402 e. The number of pyridine rings is 3. The highest BCUT2D eigenvalue weighted by Gasteiger charge is 2.22. The van der Waals surface area contributed by atoms with Gasteiger partial charge in [0.05, 0.1) is 35.0 Å². The lowest BCUT2D eigenvalue weighted by atomic mass is 10.0. The van der Waals surface area contributed by atoms with E-state index in [0.717, 1.165) is 44.7 Å². The molecule has 10 heteroatoms. The minimum atomic E-state index is -0.210. The van der Waals surface area contributed by atoms with Crippen molar-refractivity contribution < 1.29 is 4.79 Å². The van der Waals surface area contributed by atoms with Crippen molar-refractivity contribution in [3.8, 4) is 22.8 Å². The Hall–Kier alpha value is -5.90. The summed E-state index contributed by atoms with van der Waals surface area (Å²) in [5, 5.41) is 11.4. The van der Waals surface area contributed by atoms with Crippen LogP contribution in [0.4, 0.5) is 5.69 Å². The first-order valence-electron chi connectivity index (χ1n) is 12.9. The Kier molecular flexibility index (Phi) is 5.90. The number of amides is 1. The van der Waals surface area contributed by atoms with Gasteiger partial charge in [-0.2, -0.15) is 5.10 Å². The second kappa shape index (κ2) is 10.0. The van der Waals surface area contributed by atoms with Crippen molar-refractivity contribution in [1.82, 2.24) is 35.1 Å². The Balaban J connectivity index is 1.24. The summed E-state index contributed by atoms with van der Waals surface area (Å²) < 4.78 is 0. The number of fused-ring (bicyclic) bond motifs is 2. The fraction of sp³-hybridized carbons (Fsp3) is 0.0323.